The Labute approximate surface area is 128 Å². The summed E-state index contributed by atoms with van der Waals surface area (Å²) in [5, 5.41) is 0. The summed E-state index contributed by atoms with van der Waals surface area (Å²) in [6, 6.07) is 22.0. The Hall–Kier alpha value is -1.60. The van der Waals surface area contributed by atoms with Gasteiger partial charge in [0.05, 0.1) is 0 Å². The molecule has 110 valence electrons. The van der Waals surface area contributed by atoms with E-state index in [9.17, 15) is 0 Å². The summed E-state index contributed by atoms with van der Waals surface area (Å²) in [6.45, 7) is 6.01. The lowest BCUT2D eigenvalue weighted by molar-refractivity contribution is 0.335. The van der Waals surface area contributed by atoms with E-state index >= 15 is 0 Å². The van der Waals surface area contributed by atoms with Crippen LogP contribution < -0.4 is 0 Å². The second-order valence-electron chi connectivity index (χ2n) is 6.16. The van der Waals surface area contributed by atoms with E-state index in [-0.39, 0.29) is 0 Å². The molecular weight excluding hydrogens is 254 g/mol. The van der Waals surface area contributed by atoms with E-state index in [0.29, 0.717) is 5.92 Å². The first-order valence-electron chi connectivity index (χ1n) is 8.19. The van der Waals surface area contributed by atoms with Gasteiger partial charge in [-0.2, -0.15) is 0 Å². The third kappa shape index (κ3) is 3.54. The Morgan fingerprint density at radius 1 is 0.952 bits per heavy atom. The van der Waals surface area contributed by atoms with Crippen molar-refractivity contribution in [1.29, 1.82) is 0 Å². The molecule has 3 rings (SSSR count). The van der Waals surface area contributed by atoms with E-state index < -0.39 is 0 Å². The van der Waals surface area contributed by atoms with Crippen LogP contribution in [0, 0.1) is 5.92 Å². The zero-order valence-electron chi connectivity index (χ0n) is 12.9. The van der Waals surface area contributed by atoms with Crippen molar-refractivity contribution in [3.63, 3.8) is 0 Å². The zero-order chi connectivity index (χ0) is 14.5. The quantitative estimate of drug-likeness (QED) is 0.776. The first-order valence-corrected chi connectivity index (χ1v) is 8.19. The Bertz CT molecular complexity index is 495. The third-order valence-corrected chi connectivity index (χ3v) is 4.79. The molecule has 1 nitrogen and oxygen atoms in total. The van der Waals surface area contributed by atoms with E-state index in [1.54, 1.807) is 0 Å². The molecule has 2 aromatic carbocycles. The fraction of sp³-hybridized carbons (Fsp3) is 0.400. The van der Waals surface area contributed by atoms with Gasteiger partial charge in [-0.3, -0.25) is 0 Å². The SMILES string of the molecule is CCN1CC[C@H](CC(c2ccccc2)c2ccccc2)C1. The summed E-state index contributed by atoms with van der Waals surface area (Å²) in [7, 11) is 0. The van der Waals surface area contributed by atoms with E-state index in [2.05, 4.69) is 72.5 Å². The zero-order valence-corrected chi connectivity index (χ0v) is 12.9. The lowest BCUT2D eigenvalue weighted by Gasteiger charge is -2.22. The van der Waals surface area contributed by atoms with E-state index in [4.69, 9.17) is 0 Å². The van der Waals surface area contributed by atoms with Crippen LogP contribution in [0.2, 0.25) is 0 Å². The highest BCUT2D eigenvalue weighted by Gasteiger charge is 2.25. The minimum absolute atomic E-state index is 0.536. The molecule has 1 aliphatic rings. The first-order chi connectivity index (χ1) is 10.4. The standard InChI is InChI=1S/C20H25N/c1-2-21-14-13-17(16-21)15-20(18-9-5-3-6-10-18)19-11-7-4-8-12-19/h3-12,17,20H,2,13-16H2,1H3/t17-/m1/s1. The van der Waals surface area contributed by atoms with Gasteiger partial charge in [-0.1, -0.05) is 67.6 Å². The molecule has 1 heterocycles. The molecule has 0 saturated carbocycles. The molecule has 0 amide bonds. The van der Waals surface area contributed by atoms with Crippen LogP contribution in [0.1, 0.15) is 36.8 Å². The smallest absolute Gasteiger partial charge is 0.00924 e. The topological polar surface area (TPSA) is 3.24 Å². The van der Waals surface area contributed by atoms with Crippen molar-refractivity contribution in [3.05, 3.63) is 71.8 Å². The number of rotatable bonds is 5. The van der Waals surface area contributed by atoms with Gasteiger partial charge >= 0.3 is 0 Å². The van der Waals surface area contributed by atoms with Gasteiger partial charge in [0.1, 0.15) is 0 Å². The molecule has 2 aromatic rings. The number of hydrogen-bond donors (Lipinski definition) is 0. The van der Waals surface area contributed by atoms with Gasteiger partial charge in [0.2, 0.25) is 0 Å². The number of benzene rings is 2. The highest BCUT2D eigenvalue weighted by molar-refractivity contribution is 5.32. The molecule has 21 heavy (non-hydrogen) atoms. The van der Waals surface area contributed by atoms with E-state index in [1.165, 1.54) is 43.6 Å². The van der Waals surface area contributed by atoms with Gasteiger partial charge in [0, 0.05) is 12.5 Å². The summed E-state index contributed by atoms with van der Waals surface area (Å²) < 4.78 is 0. The third-order valence-electron chi connectivity index (χ3n) is 4.79. The molecular formula is C20H25N. The predicted octanol–water partition coefficient (Wildman–Crippen LogP) is 4.55. The Kier molecular flexibility index (Phi) is 4.72. The van der Waals surface area contributed by atoms with Gasteiger partial charge in [0.15, 0.2) is 0 Å². The second-order valence-corrected chi connectivity index (χ2v) is 6.16. The average molecular weight is 279 g/mol. The summed E-state index contributed by atoms with van der Waals surface area (Å²) in [5.74, 6) is 1.37. The van der Waals surface area contributed by atoms with E-state index in [0.717, 1.165) is 5.92 Å². The van der Waals surface area contributed by atoms with Crippen molar-refractivity contribution in [2.45, 2.75) is 25.7 Å². The first kappa shape index (κ1) is 14.3. The van der Waals surface area contributed by atoms with Crippen LogP contribution in [-0.4, -0.2) is 24.5 Å². The molecule has 0 bridgehead atoms. The van der Waals surface area contributed by atoms with Crippen LogP contribution in [0.5, 0.6) is 0 Å². The maximum Gasteiger partial charge on any atom is 0.00924 e. The van der Waals surface area contributed by atoms with Crippen molar-refractivity contribution < 1.29 is 0 Å². The summed E-state index contributed by atoms with van der Waals surface area (Å²) in [6.07, 6.45) is 2.62. The molecule has 0 N–H and O–H groups in total. The fourth-order valence-corrected chi connectivity index (χ4v) is 3.56. The van der Waals surface area contributed by atoms with Crippen LogP contribution >= 0.6 is 0 Å². The van der Waals surface area contributed by atoms with Crippen LogP contribution in [0.4, 0.5) is 0 Å². The van der Waals surface area contributed by atoms with Gasteiger partial charge in [-0.25, -0.2) is 0 Å². The van der Waals surface area contributed by atoms with Crippen molar-refractivity contribution in [1.82, 2.24) is 4.90 Å². The minimum Gasteiger partial charge on any atom is -0.303 e. The van der Waals surface area contributed by atoms with Crippen LogP contribution in [0.3, 0.4) is 0 Å². The minimum atomic E-state index is 0.536. The van der Waals surface area contributed by atoms with Crippen LogP contribution in [0.15, 0.2) is 60.7 Å². The average Bonchev–Trinajstić information content (AvgIpc) is 3.02. The van der Waals surface area contributed by atoms with Crippen LogP contribution in [0.25, 0.3) is 0 Å². The molecule has 0 aromatic heterocycles. The summed E-state index contributed by atoms with van der Waals surface area (Å²) >= 11 is 0. The Morgan fingerprint density at radius 2 is 1.52 bits per heavy atom. The molecule has 0 radical (unpaired) electrons. The van der Waals surface area contributed by atoms with Crippen molar-refractivity contribution in [2.75, 3.05) is 19.6 Å². The highest BCUT2D eigenvalue weighted by atomic mass is 15.1. The fourth-order valence-electron chi connectivity index (χ4n) is 3.56. The maximum atomic E-state index is 2.58. The molecule has 0 unspecified atom stereocenters. The van der Waals surface area contributed by atoms with Gasteiger partial charge in [-0.05, 0) is 43.0 Å². The van der Waals surface area contributed by atoms with Gasteiger partial charge in [0.25, 0.3) is 0 Å². The van der Waals surface area contributed by atoms with E-state index in [1.807, 2.05) is 0 Å². The van der Waals surface area contributed by atoms with Gasteiger partial charge < -0.3 is 4.90 Å². The largest absolute Gasteiger partial charge is 0.303 e. The number of nitrogens with zero attached hydrogens (tertiary/aromatic N) is 1. The maximum absolute atomic E-state index is 2.58. The van der Waals surface area contributed by atoms with Gasteiger partial charge in [-0.15, -0.1) is 0 Å². The van der Waals surface area contributed by atoms with Crippen LogP contribution in [-0.2, 0) is 0 Å². The highest BCUT2D eigenvalue weighted by Crippen LogP contribution is 2.34. The molecule has 0 spiro atoms. The Balaban J connectivity index is 1.80. The molecule has 1 aliphatic heterocycles. The molecule has 1 atom stereocenters. The predicted molar refractivity (Wildman–Crippen MR) is 89.6 cm³/mol. The van der Waals surface area contributed by atoms with Crippen molar-refractivity contribution in [3.8, 4) is 0 Å². The van der Waals surface area contributed by atoms with Crippen molar-refractivity contribution >= 4 is 0 Å². The lowest BCUT2D eigenvalue weighted by atomic mass is 9.83. The Morgan fingerprint density at radius 3 is 2.00 bits per heavy atom. The van der Waals surface area contributed by atoms with Crippen molar-refractivity contribution in [2.24, 2.45) is 5.92 Å². The normalized spacial score (nSPS) is 19.2. The molecule has 1 fully saturated rings. The number of likely N-dealkylation sites (tertiary alicyclic amines) is 1. The monoisotopic (exact) mass is 279 g/mol. The lowest BCUT2D eigenvalue weighted by Crippen LogP contribution is -2.20. The second kappa shape index (κ2) is 6.91. The molecule has 1 heteroatoms. The number of hydrogen-bond acceptors (Lipinski definition) is 1. The summed E-state index contributed by atoms with van der Waals surface area (Å²) in [4.78, 5) is 2.58. The molecule has 0 aliphatic carbocycles. The molecule has 1 saturated heterocycles. The summed E-state index contributed by atoms with van der Waals surface area (Å²) in [5.41, 5.74) is 2.91.